The number of benzene rings is 1. The van der Waals surface area contributed by atoms with Crippen LogP contribution in [0.5, 0.6) is 0 Å². The summed E-state index contributed by atoms with van der Waals surface area (Å²) in [5, 5.41) is 8.82. The molecule has 2 rings (SSSR count). The lowest BCUT2D eigenvalue weighted by atomic mass is 9.90. The Morgan fingerprint density at radius 2 is 2.04 bits per heavy atom. The highest BCUT2D eigenvalue weighted by atomic mass is 19.2. The number of hydrogen-bond donors (Lipinski definition) is 1. The average Bonchev–Trinajstić information content (AvgIpc) is 2.55. The van der Waals surface area contributed by atoms with Gasteiger partial charge < -0.3 is 10.0 Å². The van der Waals surface area contributed by atoms with Crippen molar-refractivity contribution in [1.82, 2.24) is 4.90 Å². The summed E-state index contributed by atoms with van der Waals surface area (Å²) in [6, 6.07) is 2.76. The first kappa shape index (κ1) is 17.8. The van der Waals surface area contributed by atoms with Crippen molar-refractivity contribution < 1.29 is 23.5 Å². The number of rotatable bonds is 5. The molecule has 1 aliphatic rings. The molecule has 1 amide bonds. The maximum atomic E-state index is 13.6. The number of halogens is 2. The Kier molecular flexibility index (Phi) is 5.84. The van der Waals surface area contributed by atoms with E-state index < -0.39 is 29.7 Å². The lowest BCUT2D eigenvalue weighted by Crippen LogP contribution is -2.44. The number of carbonyl (C=O) groups excluding carboxylic acids is 1. The van der Waals surface area contributed by atoms with Gasteiger partial charge in [-0.25, -0.2) is 13.6 Å². The molecule has 1 aromatic carbocycles. The van der Waals surface area contributed by atoms with Gasteiger partial charge in [-0.15, -0.1) is 6.58 Å². The second-order valence-electron chi connectivity index (χ2n) is 5.68. The van der Waals surface area contributed by atoms with Crippen molar-refractivity contribution in [1.29, 1.82) is 0 Å². The van der Waals surface area contributed by atoms with Crippen molar-refractivity contribution in [3.8, 4) is 0 Å². The van der Waals surface area contributed by atoms with Crippen LogP contribution >= 0.6 is 0 Å². The zero-order valence-corrected chi connectivity index (χ0v) is 13.1. The summed E-state index contributed by atoms with van der Waals surface area (Å²) < 4.78 is 26.8. The van der Waals surface area contributed by atoms with E-state index in [1.165, 1.54) is 18.2 Å². The van der Waals surface area contributed by atoms with Crippen molar-refractivity contribution in [3.63, 3.8) is 0 Å². The van der Waals surface area contributed by atoms with E-state index in [-0.39, 0.29) is 12.3 Å². The molecule has 1 N–H and O–H groups in total. The van der Waals surface area contributed by atoms with E-state index in [2.05, 4.69) is 6.58 Å². The van der Waals surface area contributed by atoms with Gasteiger partial charge in [0.15, 0.2) is 11.6 Å². The summed E-state index contributed by atoms with van der Waals surface area (Å²) in [6.07, 6.45) is 6.00. The number of amides is 1. The third-order valence-corrected chi connectivity index (χ3v) is 4.07. The fourth-order valence-corrected chi connectivity index (χ4v) is 3.05. The maximum absolute atomic E-state index is 13.6. The highest BCUT2D eigenvalue weighted by Gasteiger charge is 2.33. The number of nitrogens with zero attached hydrogens (tertiary/aromatic N) is 1. The largest absolute Gasteiger partial charge is 0.478 e. The summed E-state index contributed by atoms with van der Waals surface area (Å²) in [5.41, 5.74) is 0.500. The van der Waals surface area contributed by atoms with Crippen LogP contribution < -0.4 is 0 Å². The zero-order valence-electron chi connectivity index (χ0n) is 13.1. The quantitative estimate of drug-likeness (QED) is 0.661. The van der Waals surface area contributed by atoms with Crippen LogP contribution in [0.15, 0.2) is 43.0 Å². The molecule has 0 bridgehead atoms. The van der Waals surface area contributed by atoms with E-state index in [0.717, 1.165) is 24.6 Å². The van der Waals surface area contributed by atoms with Crippen LogP contribution in [-0.4, -0.2) is 27.9 Å². The monoisotopic (exact) mass is 335 g/mol. The van der Waals surface area contributed by atoms with Gasteiger partial charge >= 0.3 is 5.97 Å². The van der Waals surface area contributed by atoms with Gasteiger partial charge in [-0.05, 0) is 37.0 Å². The predicted molar refractivity (Wildman–Crippen MR) is 85.2 cm³/mol. The minimum Gasteiger partial charge on any atom is -0.478 e. The van der Waals surface area contributed by atoms with E-state index in [1.54, 1.807) is 4.90 Å². The van der Waals surface area contributed by atoms with Crippen LogP contribution in [0.4, 0.5) is 8.78 Å². The zero-order chi connectivity index (χ0) is 17.7. The lowest BCUT2D eigenvalue weighted by Gasteiger charge is -2.41. The Hall–Kier alpha value is -2.50. The van der Waals surface area contributed by atoms with Gasteiger partial charge in [0.05, 0.1) is 12.1 Å². The van der Waals surface area contributed by atoms with Crippen LogP contribution in [0.3, 0.4) is 0 Å². The van der Waals surface area contributed by atoms with Crippen LogP contribution in [0.1, 0.15) is 37.3 Å². The normalized spacial score (nSPS) is 21.0. The van der Waals surface area contributed by atoms with Crippen molar-refractivity contribution in [2.24, 2.45) is 0 Å². The van der Waals surface area contributed by atoms with Crippen molar-refractivity contribution >= 4 is 11.9 Å². The topological polar surface area (TPSA) is 57.6 Å². The first-order valence-electron chi connectivity index (χ1n) is 7.72. The van der Waals surface area contributed by atoms with Crippen molar-refractivity contribution in [2.45, 2.75) is 37.8 Å². The van der Waals surface area contributed by atoms with E-state index in [4.69, 9.17) is 5.11 Å². The maximum Gasteiger partial charge on any atom is 0.328 e. The van der Waals surface area contributed by atoms with Crippen molar-refractivity contribution in [3.05, 3.63) is 60.2 Å². The molecule has 0 spiro atoms. The Morgan fingerprint density at radius 1 is 1.29 bits per heavy atom. The number of carboxylic acids is 1. The number of piperidine rings is 1. The minimum atomic E-state index is -1.10. The smallest absolute Gasteiger partial charge is 0.328 e. The van der Waals surface area contributed by atoms with Gasteiger partial charge in [0.2, 0.25) is 5.91 Å². The lowest BCUT2D eigenvalue weighted by molar-refractivity contribution is -0.136. The first-order chi connectivity index (χ1) is 11.4. The summed E-state index contributed by atoms with van der Waals surface area (Å²) in [6.45, 7) is 3.55. The van der Waals surface area contributed by atoms with Gasteiger partial charge in [-0.2, -0.15) is 0 Å². The Bertz CT molecular complexity index is 672. The molecule has 1 saturated heterocycles. The van der Waals surface area contributed by atoms with Crippen LogP contribution in [-0.2, 0) is 9.59 Å². The highest BCUT2D eigenvalue weighted by Crippen LogP contribution is 2.36. The minimum absolute atomic E-state index is 0.0948. The van der Waals surface area contributed by atoms with Gasteiger partial charge in [-0.1, -0.05) is 18.2 Å². The molecule has 4 nitrogen and oxygen atoms in total. The fraction of sp³-hybridized carbons (Fsp3) is 0.333. The molecule has 6 heteroatoms. The fourth-order valence-electron chi connectivity index (χ4n) is 3.05. The van der Waals surface area contributed by atoms with Gasteiger partial charge in [-0.3, -0.25) is 4.79 Å². The van der Waals surface area contributed by atoms with E-state index in [9.17, 15) is 18.4 Å². The molecule has 1 aromatic rings. The molecule has 128 valence electrons. The van der Waals surface area contributed by atoms with Crippen molar-refractivity contribution in [2.75, 3.05) is 0 Å². The first-order valence-corrected chi connectivity index (χ1v) is 7.72. The number of hydrogen-bond acceptors (Lipinski definition) is 2. The molecule has 24 heavy (non-hydrogen) atoms. The van der Waals surface area contributed by atoms with Crippen LogP contribution in [0.25, 0.3) is 0 Å². The molecule has 0 unspecified atom stereocenters. The second-order valence-corrected chi connectivity index (χ2v) is 5.68. The molecule has 2 atom stereocenters. The molecular weight excluding hydrogens is 316 g/mol. The standard InChI is InChI=1S/C18H19F2NO3/c1-2-4-17(22)21-13(8-10-18(23)24)5-3-6-16(21)12-7-9-14(19)15(20)11-12/h2,7-11,13,16H,1,3-6H2,(H,23,24)/b10-8-/t13-,16+/m1/s1. The molecule has 0 saturated carbocycles. The number of carboxylic acid groups (broad SMARTS) is 1. The second kappa shape index (κ2) is 7.86. The SMILES string of the molecule is C=CCC(=O)N1[C@@H](/C=C\C(=O)O)CCC[C@H]1c1ccc(F)c(F)c1. The Balaban J connectivity index is 2.38. The summed E-state index contributed by atoms with van der Waals surface area (Å²) in [7, 11) is 0. The van der Waals surface area contributed by atoms with Gasteiger partial charge in [0.25, 0.3) is 0 Å². The van der Waals surface area contributed by atoms with Crippen LogP contribution in [0, 0.1) is 11.6 Å². The van der Waals surface area contributed by atoms with Gasteiger partial charge in [0, 0.05) is 12.5 Å². The number of carbonyl (C=O) groups is 2. The van der Waals surface area contributed by atoms with E-state index >= 15 is 0 Å². The molecule has 1 aliphatic heterocycles. The highest BCUT2D eigenvalue weighted by molar-refractivity contribution is 5.81. The third-order valence-electron chi connectivity index (χ3n) is 4.07. The Morgan fingerprint density at radius 3 is 2.67 bits per heavy atom. The predicted octanol–water partition coefficient (Wildman–Crippen LogP) is 3.60. The van der Waals surface area contributed by atoms with E-state index in [1.807, 2.05) is 0 Å². The van der Waals surface area contributed by atoms with E-state index in [0.29, 0.717) is 18.4 Å². The molecule has 0 aromatic heterocycles. The summed E-state index contributed by atoms with van der Waals surface area (Å²) in [4.78, 5) is 24.8. The number of aliphatic carboxylic acids is 1. The summed E-state index contributed by atoms with van der Waals surface area (Å²) >= 11 is 0. The van der Waals surface area contributed by atoms with Crippen LogP contribution in [0.2, 0.25) is 0 Å². The van der Waals surface area contributed by atoms with Gasteiger partial charge in [0.1, 0.15) is 0 Å². The average molecular weight is 335 g/mol. The third kappa shape index (κ3) is 4.07. The molecule has 1 heterocycles. The molecule has 0 aliphatic carbocycles. The Labute approximate surface area is 139 Å². The molecule has 0 radical (unpaired) electrons. The molecular formula is C18H19F2NO3. The number of likely N-dealkylation sites (tertiary alicyclic amines) is 1. The summed E-state index contributed by atoms with van der Waals surface area (Å²) in [5.74, 6) is -3.23. The molecule has 1 fully saturated rings.